The Hall–Kier alpha value is -3.37. The van der Waals surface area contributed by atoms with Crippen molar-refractivity contribution in [2.75, 3.05) is 32.1 Å². The summed E-state index contributed by atoms with van der Waals surface area (Å²) in [5.74, 6) is -0.184. The maximum Gasteiger partial charge on any atom is 0.318 e. The summed E-state index contributed by atoms with van der Waals surface area (Å²) in [7, 11) is 0. The molecule has 1 fully saturated rings. The molecule has 10 heteroatoms. The van der Waals surface area contributed by atoms with Gasteiger partial charge < -0.3 is 24.7 Å². The van der Waals surface area contributed by atoms with Crippen LogP contribution in [0.3, 0.4) is 0 Å². The number of carbonyl (C=O) groups excluding carboxylic acids is 3. The van der Waals surface area contributed by atoms with Crippen LogP contribution >= 0.6 is 11.8 Å². The largest absolute Gasteiger partial charge is 0.434 e. The third kappa shape index (κ3) is 7.58. The standard InChI is InChI=1S/C28H34N4O5S/c1-2-3-11-22(25(33)27-30-21-12-7-8-13-24(21)37-27)29-26(34)23(14-19-38-20-9-5-4-6-10-20)31-28(35)32-15-17-36-18-16-32/h4-10,12-13,22-23H,2-3,11,14-19H2,1H3,(H,29,34)(H,31,35)/t22-,23?/m0/s1. The van der Waals surface area contributed by atoms with Crippen LogP contribution in [0.5, 0.6) is 0 Å². The first kappa shape index (κ1) is 27.7. The molecule has 0 radical (unpaired) electrons. The van der Waals surface area contributed by atoms with E-state index in [9.17, 15) is 14.4 Å². The van der Waals surface area contributed by atoms with Gasteiger partial charge in [-0.15, -0.1) is 11.8 Å². The molecule has 1 unspecified atom stereocenters. The molecular formula is C28H34N4O5S. The maximum atomic E-state index is 13.5. The molecule has 0 saturated carbocycles. The van der Waals surface area contributed by atoms with Crippen molar-refractivity contribution >= 4 is 40.6 Å². The number of thioether (sulfide) groups is 1. The molecule has 3 amide bonds. The predicted octanol–water partition coefficient (Wildman–Crippen LogP) is 4.28. The lowest BCUT2D eigenvalue weighted by Gasteiger charge is -2.29. The number of nitrogens with zero attached hydrogens (tertiary/aromatic N) is 2. The Morgan fingerprint density at radius 1 is 0.974 bits per heavy atom. The minimum absolute atomic E-state index is 0.0267. The zero-order chi connectivity index (χ0) is 26.7. The number of morpholine rings is 1. The number of unbranched alkanes of at least 4 members (excludes halogenated alkanes) is 1. The molecule has 0 aliphatic carbocycles. The van der Waals surface area contributed by atoms with Crippen molar-refractivity contribution in [1.82, 2.24) is 20.5 Å². The van der Waals surface area contributed by atoms with Crippen molar-refractivity contribution in [3.05, 3.63) is 60.5 Å². The molecule has 9 nitrogen and oxygen atoms in total. The Morgan fingerprint density at radius 2 is 1.71 bits per heavy atom. The molecule has 38 heavy (non-hydrogen) atoms. The van der Waals surface area contributed by atoms with Gasteiger partial charge in [0, 0.05) is 23.7 Å². The second kappa shape index (κ2) is 14.0. The van der Waals surface area contributed by atoms with E-state index < -0.39 is 18.0 Å². The van der Waals surface area contributed by atoms with Crippen molar-refractivity contribution < 1.29 is 23.5 Å². The fourth-order valence-corrected chi connectivity index (χ4v) is 5.10. The summed E-state index contributed by atoms with van der Waals surface area (Å²) in [6.45, 7) is 3.88. The molecule has 1 saturated heterocycles. The molecule has 2 N–H and O–H groups in total. The van der Waals surface area contributed by atoms with E-state index >= 15 is 0 Å². The summed E-state index contributed by atoms with van der Waals surface area (Å²) >= 11 is 1.61. The second-order valence-electron chi connectivity index (χ2n) is 9.11. The quantitative estimate of drug-likeness (QED) is 0.261. The van der Waals surface area contributed by atoms with Crippen LogP contribution in [0.2, 0.25) is 0 Å². The first-order valence-corrected chi connectivity index (χ1v) is 14.0. The number of amides is 3. The number of fused-ring (bicyclic) bond motifs is 1. The Bertz CT molecular complexity index is 1180. The van der Waals surface area contributed by atoms with Gasteiger partial charge in [-0.05, 0) is 37.1 Å². The van der Waals surface area contributed by atoms with Crippen molar-refractivity contribution in [2.45, 2.75) is 49.6 Å². The van der Waals surface area contributed by atoms with Crippen LogP contribution in [-0.2, 0) is 9.53 Å². The third-order valence-electron chi connectivity index (χ3n) is 6.31. The molecule has 4 rings (SSSR count). The smallest absolute Gasteiger partial charge is 0.318 e. The van der Waals surface area contributed by atoms with Gasteiger partial charge in [-0.2, -0.15) is 0 Å². The molecule has 0 bridgehead atoms. The topological polar surface area (TPSA) is 114 Å². The van der Waals surface area contributed by atoms with Crippen molar-refractivity contribution in [3.63, 3.8) is 0 Å². The van der Waals surface area contributed by atoms with Crippen LogP contribution < -0.4 is 10.6 Å². The van der Waals surface area contributed by atoms with Crippen molar-refractivity contribution in [3.8, 4) is 0 Å². The highest BCUT2D eigenvalue weighted by Crippen LogP contribution is 2.20. The van der Waals surface area contributed by atoms with Crippen LogP contribution in [0.25, 0.3) is 11.1 Å². The number of hydrogen-bond donors (Lipinski definition) is 2. The maximum absolute atomic E-state index is 13.5. The molecule has 2 aromatic carbocycles. The fourth-order valence-electron chi connectivity index (χ4n) is 4.16. The highest BCUT2D eigenvalue weighted by molar-refractivity contribution is 7.99. The number of hydrogen-bond acceptors (Lipinski definition) is 7. The average Bonchev–Trinajstić information content (AvgIpc) is 3.39. The number of Topliss-reactive ketones (excluding diaryl/α,β-unsaturated/α-hetero) is 1. The Morgan fingerprint density at radius 3 is 2.45 bits per heavy atom. The molecular weight excluding hydrogens is 504 g/mol. The van der Waals surface area contributed by atoms with Crippen LogP contribution in [0.1, 0.15) is 43.3 Å². The molecule has 2 heterocycles. The number of para-hydroxylation sites is 2. The minimum atomic E-state index is -0.805. The Kier molecular flexibility index (Phi) is 10.2. The Balaban J connectivity index is 1.46. The number of oxazole rings is 1. The second-order valence-corrected chi connectivity index (χ2v) is 10.3. The van der Waals surface area contributed by atoms with E-state index in [0.717, 1.165) is 17.7 Å². The molecule has 2 atom stereocenters. The number of ether oxygens (including phenoxy) is 1. The minimum Gasteiger partial charge on any atom is -0.434 e. The first-order chi connectivity index (χ1) is 18.5. The van der Waals surface area contributed by atoms with Crippen LogP contribution in [0.4, 0.5) is 4.79 Å². The van der Waals surface area contributed by atoms with E-state index in [-0.39, 0.29) is 17.7 Å². The van der Waals surface area contributed by atoms with E-state index in [1.54, 1.807) is 28.8 Å². The van der Waals surface area contributed by atoms with Gasteiger partial charge in [-0.1, -0.05) is 50.1 Å². The molecule has 1 aliphatic rings. The van der Waals surface area contributed by atoms with Crippen LogP contribution in [0, 0.1) is 0 Å². The van der Waals surface area contributed by atoms with Gasteiger partial charge in [-0.3, -0.25) is 9.59 Å². The van der Waals surface area contributed by atoms with E-state index in [0.29, 0.717) is 56.0 Å². The van der Waals surface area contributed by atoms with E-state index in [1.165, 1.54) is 0 Å². The molecule has 1 aliphatic heterocycles. The summed E-state index contributed by atoms with van der Waals surface area (Å²) in [4.78, 5) is 46.9. The van der Waals surface area contributed by atoms with E-state index in [1.807, 2.05) is 49.4 Å². The lowest BCUT2D eigenvalue weighted by atomic mass is 10.0. The van der Waals surface area contributed by atoms with Crippen LogP contribution in [-0.4, -0.2) is 71.7 Å². The average molecular weight is 539 g/mol. The van der Waals surface area contributed by atoms with E-state index in [2.05, 4.69) is 15.6 Å². The summed E-state index contributed by atoms with van der Waals surface area (Å²) in [5, 5.41) is 5.79. The molecule has 1 aromatic heterocycles. The third-order valence-corrected chi connectivity index (χ3v) is 7.36. The Labute approximate surface area is 226 Å². The lowest BCUT2D eigenvalue weighted by molar-refractivity contribution is -0.123. The van der Waals surface area contributed by atoms with Gasteiger partial charge in [0.15, 0.2) is 5.58 Å². The number of aromatic nitrogens is 1. The predicted molar refractivity (Wildman–Crippen MR) is 146 cm³/mol. The van der Waals surface area contributed by atoms with Crippen molar-refractivity contribution in [1.29, 1.82) is 0 Å². The number of carbonyl (C=O) groups is 3. The van der Waals surface area contributed by atoms with Gasteiger partial charge in [0.05, 0.1) is 19.3 Å². The highest BCUT2D eigenvalue weighted by atomic mass is 32.2. The van der Waals surface area contributed by atoms with Gasteiger partial charge in [0.2, 0.25) is 11.7 Å². The molecule has 3 aromatic rings. The SMILES string of the molecule is CCCC[C@H](NC(=O)C(CCSc1ccccc1)NC(=O)N1CCOCC1)C(=O)c1nc2ccccc2o1. The van der Waals surface area contributed by atoms with Gasteiger partial charge in [-0.25, -0.2) is 9.78 Å². The van der Waals surface area contributed by atoms with Gasteiger partial charge in [0.25, 0.3) is 5.89 Å². The lowest BCUT2D eigenvalue weighted by Crippen LogP contribution is -2.55. The van der Waals surface area contributed by atoms with Gasteiger partial charge >= 0.3 is 6.03 Å². The number of rotatable bonds is 12. The number of ketones is 1. The highest BCUT2D eigenvalue weighted by Gasteiger charge is 2.30. The zero-order valence-corrected chi connectivity index (χ0v) is 22.4. The van der Waals surface area contributed by atoms with Gasteiger partial charge in [0.1, 0.15) is 11.6 Å². The van der Waals surface area contributed by atoms with E-state index in [4.69, 9.17) is 9.15 Å². The normalized spacial score (nSPS) is 15.1. The summed E-state index contributed by atoms with van der Waals surface area (Å²) in [6, 6.07) is 15.1. The van der Waals surface area contributed by atoms with Crippen LogP contribution in [0.15, 0.2) is 63.9 Å². The van der Waals surface area contributed by atoms with Crippen molar-refractivity contribution in [2.24, 2.45) is 0 Å². The fraction of sp³-hybridized carbons (Fsp3) is 0.429. The summed E-state index contributed by atoms with van der Waals surface area (Å²) in [5.41, 5.74) is 1.11. The monoisotopic (exact) mass is 538 g/mol. The first-order valence-electron chi connectivity index (χ1n) is 13.1. The number of urea groups is 1. The number of benzene rings is 2. The molecule has 0 spiro atoms. The molecule has 202 valence electrons. The number of nitrogens with one attached hydrogen (secondary N) is 2. The zero-order valence-electron chi connectivity index (χ0n) is 21.6. The summed E-state index contributed by atoms with van der Waals surface area (Å²) < 4.78 is 11.0. The summed E-state index contributed by atoms with van der Waals surface area (Å²) in [6.07, 6.45) is 2.45.